The second-order valence-electron chi connectivity index (χ2n) is 5.95. The molecule has 5 heteroatoms. The summed E-state index contributed by atoms with van der Waals surface area (Å²) in [6.45, 7) is 7.89. The number of nitrogens with zero attached hydrogens (tertiary/aromatic N) is 3. The maximum atomic E-state index is 4.70. The molecule has 1 atom stereocenters. The van der Waals surface area contributed by atoms with E-state index in [2.05, 4.69) is 34.4 Å². The fourth-order valence-electron chi connectivity index (χ4n) is 3.41. The molecule has 4 rings (SSSR count). The zero-order chi connectivity index (χ0) is 14.1. The molecule has 0 spiro atoms. The van der Waals surface area contributed by atoms with Crippen LogP contribution in [0.1, 0.15) is 31.2 Å². The first-order valence-electron chi connectivity index (χ1n) is 7.75. The summed E-state index contributed by atoms with van der Waals surface area (Å²) < 4.78 is 0. The van der Waals surface area contributed by atoms with Gasteiger partial charge in [0.15, 0.2) is 0 Å². The van der Waals surface area contributed by atoms with Crippen LogP contribution in [0.4, 0.5) is 11.6 Å². The summed E-state index contributed by atoms with van der Waals surface area (Å²) in [4.78, 5) is 11.8. The number of nitrogens with one attached hydrogen (secondary N) is 2. The average molecular weight is 275 g/mol. The molecule has 1 aromatic heterocycles. The molecule has 0 saturated carbocycles. The second kappa shape index (κ2) is 5.56. The standard InChI is InChI=1S/C15H25N5/c1-4-13-18-14(16-3)10(2)15(19-13)17-12-9-20-7-5-11(12)6-8-20/h11-12H,4-9H2,1-3H3,(H2,16,17,18,19). The zero-order valence-corrected chi connectivity index (χ0v) is 12.7. The van der Waals surface area contributed by atoms with Gasteiger partial charge in [0.1, 0.15) is 17.5 Å². The van der Waals surface area contributed by atoms with E-state index < -0.39 is 0 Å². The average Bonchev–Trinajstić information content (AvgIpc) is 2.50. The highest BCUT2D eigenvalue weighted by Gasteiger charge is 2.34. The van der Waals surface area contributed by atoms with Crippen molar-refractivity contribution < 1.29 is 0 Å². The Morgan fingerprint density at radius 1 is 1.20 bits per heavy atom. The number of hydrogen-bond acceptors (Lipinski definition) is 5. The van der Waals surface area contributed by atoms with E-state index in [1.807, 2.05) is 7.05 Å². The summed E-state index contributed by atoms with van der Waals surface area (Å²) in [5.41, 5.74) is 1.13. The first kappa shape index (κ1) is 13.6. The summed E-state index contributed by atoms with van der Waals surface area (Å²) in [6.07, 6.45) is 3.51. The van der Waals surface area contributed by atoms with Crippen LogP contribution in [0, 0.1) is 12.8 Å². The molecule has 3 fully saturated rings. The van der Waals surface area contributed by atoms with Crippen LogP contribution in [0.5, 0.6) is 0 Å². The third kappa shape index (κ3) is 2.46. The van der Waals surface area contributed by atoms with E-state index in [0.717, 1.165) is 41.9 Å². The minimum Gasteiger partial charge on any atom is -0.373 e. The molecule has 2 bridgehead atoms. The van der Waals surface area contributed by atoms with Crippen LogP contribution in [0.3, 0.4) is 0 Å². The van der Waals surface area contributed by atoms with Crippen molar-refractivity contribution in [1.29, 1.82) is 0 Å². The lowest BCUT2D eigenvalue weighted by Crippen LogP contribution is -2.53. The van der Waals surface area contributed by atoms with E-state index in [1.165, 1.54) is 25.9 Å². The quantitative estimate of drug-likeness (QED) is 0.879. The predicted octanol–water partition coefficient (Wildman–Crippen LogP) is 1.90. The van der Waals surface area contributed by atoms with E-state index in [-0.39, 0.29) is 0 Å². The Balaban J connectivity index is 1.83. The monoisotopic (exact) mass is 275 g/mol. The Labute approximate surface area is 121 Å². The first-order chi connectivity index (χ1) is 9.71. The highest BCUT2D eigenvalue weighted by atomic mass is 15.2. The molecule has 110 valence electrons. The molecule has 4 heterocycles. The van der Waals surface area contributed by atoms with Crippen molar-refractivity contribution in [2.24, 2.45) is 5.92 Å². The third-order valence-electron chi connectivity index (χ3n) is 4.72. The smallest absolute Gasteiger partial charge is 0.135 e. The topological polar surface area (TPSA) is 53.1 Å². The molecule has 5 nitrogen and oxygen atoms in total. The molecule has 20 heavy (non-hydrogen) atoms. The number of aromatic nitrogens is 2. The number of fused-ring (bicyclic) bond motifs is 3. The molecule has 1 aromatic rings. The van der Waals surface area contributed by atoms with Crippen LogP contribution in [0.15, 0.2) is 0 Å². The lowest BCUT2D eigenvalue weighted by molar-refractivity contribution is 0.0973. The molecule has 0 amide bonds. The molecular formula is C15H25N5. The summed E-state index contributed by atoms with van der Waals surface area (Å²) in [7, 11) is 1.92. The van der Waals surface area contributed by atoms with Crippen LogP contribution in [0.2, 0.25) is 0 Å². The highest BCUT2D eigenvalue weighted by Crippen LogP contribution is 2.30. The Bertz CT molecular complexity index is 479. The Morgan fingerprint density at radius 2 is 1.90 bits per heavy atom. The fraction of sp³-hybridized carbons (Fsp3) is 0.733. The number of rotatable bonds is 4. The molecule has 2 N–H and O–H groups in total. The van der Waals surface area contributed by atoms with Gasteiger partial charge in [-0.2, -0.15) is 0 Å². The van der Waals surface area contributed by atoms with Crippen LogP contribution in [-0.2, 0) is 6.42 Å². The Morgan fingerprint density at radius 3 is 2.45 bits per heavy atom. The van der Waals surface area contributed by atoms with Gasteiger partial charge in [0.05, 0.1) is 0 Å². The van der Waals surface area contributed by atoms with Crippen molar-refractivity contribution in [3.05, 3.63) is 11.4 Å². The molecule has 0 aliphatic carbocycles. The van der Waals surface area contributed by atoms with Gasteiger partial charge < -0.3 is 15.5 Å². The van der Waals surface area contributed by atoms with Gasteiger partial charge in [0.2, 0.25) is 0 Å². The van der Waals surface area contributed by atoms with Crippen molar-refractivity contribution in [3.63, 3.8) is 0 Å². The maximum Gasteiger partial charge on any atom is 0.135 e. The predicted molar refractivity (Wildman–Crippen MR) is 82.3 cm³/mol. The van der Waals surface area contributed by atoms with Gasteiger partial charge in [-0.15, -0.1) is 0 Å². The highest BCUT2D eigenvalue weighted by molar-refractivity contribution is 5.57. The van der Waals surface area contributed by atoms with Crippen molar-refractivity contribution in [3.8, 4) is 0 Å². The maximum absolute atomic E-state index is 4.70. The summed E-state index contributed by atoms with van der Waals surface area (Å²) >= 11 is 0. The lowest BCUT2D eigenvalue weighted by atomic mass is 9.84. The largest absolute Gasteiger partial charge is 0.373 e. The number of piperidine rings is 3. The lowest BCUT2D eigenvalue weighted by Gasteiger charge is -2.45. The Hall–Kier alpha value is -1.36. The van der Waals surface area contributed by atoms with Gasteiger partial charge in [0.25, 0.3) is 0 Å². The zero-order valence-electron chi connectivity index (χ0n) is 12.7. The molecule has 0 aromatic carbocycles. The van der Waals surface area contributed by atoms with Crippen molar-refractivity contribution in [1.82, 2.24) is 14.9 Å². The fourth-order valence-corrected chi connectivity index (χ4v) is 3.41. The molecule has 3 aliphatic rings. The van der Waals surface area contributed by atoms with E-state index in [1.54, 1.807) is 0 Å². The van der Waals surface area contributed by atoms with Crippen molar-refractivity contribution >= 4 is 11.6 Å². The van der Waals surface area contributed by atoms with Crippen LogP contribution in [-0.4, -0.2) is 47.6 Å². The molecule has 1 unspecified atom stereocenters. The normalized spacial score (nSPS) is 28.4. The Kier molecular flexibility index (Phi) is 3.78. The SMILES string of the molecule is CCc1nc(NC)c(C)c(NC2CN3CCC2CC3)n1. The van der Waals surface area contributed by atoms with Crippen LogP contribution >= 0.6 is 0 Å². The molecule has 0 radical (unpaired) electrons. The van der Waals surface area contributed by atoms with E-state index in [0.29, 0.717) is 6.04 Å². The number of anilines is 2. The van der Waals surface area contributed by atoms with Gasteiger partial charge in [-0.1, -0.05) is 6.92 Å². The summed E-state index contributed by atoms with van der Waals surface area (Å²) in [5, 5.41) is 6.88. The molecule has 3 aliphatic heterocycles. The molecule has 3 saturated heterocycles. The molecular weight excluding hydrogens is 250 g/mol. The van der Waals surface area contributed by atoms with Gasteiger partial charge in [0, 0.05) is 31.6 Å². The first-order valence-corrected chi connectivity index (χ1v) is 7.75. The van der Waals surface area contributed by atoms with Crippen LogP contribution < -0.4 is 10.6 Å². The minimum atomic E-state index is 0.542. The third-order valence-corrected chi connectivity index (χ3v) is 4.72. The van der Waals surface area contributed by atoms with E-state index in [4.69, 9.17) is 4.98 Å². The van der Waals surface area contributed by atoms with E-state index >= 15 is 0 Å². The minimum absolute atomic E-state index is 0.542. The van der Waals surface area contributed by atoms with Crippen molar-refractivity contribution in [2.75, 3.05) is 37.3 Å². The summed E-state index contributed by atoms with van der Waals surface area (Å²) in [6, 6.07) is 0.542. The van der Waals surface area contributed by atoms with E-state index in [9.17, 15) is 0 Å². The van der Waals surface area contributed by atoms with Gasteiger partial charge >= 0.3 is 0 Å². The van der Waals surface area contributed by atoms with Crippen LogP contribution in [0.25, 0.3) is 0 Å². The van der Waals surface area contributed by atoms with Crippen molar-refractivity contribution in [2.45, 2.75) is 39.2 Å². The van der Waals surface area contributed by atoms with Gasteiger partial charge in [-0.25, -0.2) is 9.97 Å². The van der Waals surface area contributed by atoms with Gasteiger partial charge in [-0.05, 0) is 38.8 Å². The number of hydrogen-bond donors (Lipinski definition) is 2. The number of aryl methyl sites for hydroxylation is 1. The second-order valence-corrected chi connectivity index (χ2v) is 5.95. The summed E-state index contributed by atoms with van der Waals surface area (Å²) in [5.74, 6) is 3.67. The van der Waals surface area contributed by atoms with Gasteiger partial charge in [-0.3, -0.25) is 0 Å².